The molecule has 20 heavy (non-hydrogen) atoms. The molecule has 0 aromatic heterocycles. The van der Waals surface area contributed by atoms with Gasteiger partial charge in [0.1, 0.15) is 5.75 Å². The van der Waals surface area contributed by atoms with Crippen molar-refractivity contribution in [1.82, 2.24) is 4.90 Å². The van der Waals surface area contributed by atoms with Crippen molar-refractivity contribution in [2.45, 2.75) is 6.42 Å². The highest BCUT2D eigenvalue weighted by molar-refractivity contribution is 5.97. The first-order valence-electron chi connectivity index (χ1n) is 6.53. The molecule has 0 unspecified atom stereocenters. The van der Waals surface area contributed by atoms with Crippen LogP contribution in [0, 0.1) is 0 Å². The Bertz CT molecular complexity index is 431. The predicted molar refractivity (Wildman–Crippen MR) is 77.0 cm³/mol. The SMILES string of the molecule is COc1ccc(C(=O)CCN(CCO)CCO)cc1N. The molecule has 0 fully saturated rings. The van der Waals surface area contributed by atoms with E-state index in [0.29, 0.717) is 43.1 Å². The monoisotopic (exact) mass is 282 g/mol. The lowest BCUT2D eigenvalue weighted by Gasteiger charge is -2.19. The molecule has 6 nitrogen and oxygen atoms in total. The molecule has 0 aliphatic heterocycles. The minimum absolute atomic E-state index is 0.00365. The van der Waals surface area contributed by atoms with Crippen LogP contribution in [0.1, 0.15) is 16.8 Å². The lowest BCUT2D eigenvalue weighted by molar-refractivity contribution is 0.0947. The van der Waals surface area contributed by atoms with E-state index in [2.05, 4.69) is 0 Å². The van der Waals surface area contributed by atoms with Crippen molar-refractivity contribution in [3.8, 4) is 5.75 Å². The molecule has 0 saturated carbocycles. The zero-order valence-electron chi connectivity index (χ0n) is 11.7. The molecule has 1 aromatic carbocycles. The van der Waals surface area contributed by atoms with Gasteiger partial charge in [-0.3, -0.25) is 9.69 Å². The largest absolute Gasteiger partial charge is 0.495 e. The van der Waals surface area contributed by atoms with Crippen LogP contribution in [0.3, 0.4) is 0 Å². The lowest BCUT2D eigenvalue weighted by atomic mass is 10.1. The van der Waals surface area contributed by atoms with E-state index in [4.69, 9.17) is 20.7 Å². The number of aliphatic hydroxyl groups is 2. The van der Waals surface area contributed by atoms with Crippen LogP contribution in [0.2, 0.25) is 0 Å². The normalized spacial score (nSPS) is 10.8. The second-order valence-corrected chi connectivity index (χ2v) is 4.42. The highest BCUT2D eigenvalue weighted by Crippen LogP contribution is 2.22. The number of nitrogens with zero attached hydrogens (tertiary/aromatic N) is 1. The van der Waals surface area contributed by atoms with E-state index >= 15 is 0 Å². The molecule has 0 spiro atoms. The average molecular weight is 282 g/mol. The molecule has 0 saturated heterocycles. The molecular formula is C14H22N2O4. The van der Waals surface area contributed by atoms with E-state index in [-0.39, 0.29) is 19.0 Å². The molecular weight excluding hydrogens is 260 g/mol. The summed E-state index contributed by atoms with van der Waals surface area (Å²) in [4.78, 5) is 13.9. The number of ketones is 1. The fourth-order valence-electron chi connectivity index (χ4n) is 1.93. The van der Waals surface area contributed by atoms with E-state index in [1.165, 1.54) is 7.11 Å². The number of anilines is 1. The molecule has 6 heteroatoms. The third kappa shape index (κ3) is 4.80. The van der Waals surface area contributed by atoms with Crippen molar-refractivity contribution >= 4 is 11.5 Å². The van der Waals surface area contributed by atoms with E-state index in [1.54, 1.807) is 18.2 Å². The van der Waals surface area contributed by atoms with Gasteiger partial charge in [-0.15, -0.1) is 0 Å². The number of rotatable bonds is 9. The van der Waals surface area contributed by atoms with Gasteiger partial charge in [-0.2, -0.15) is 0 Å². The molecule has 1 aromatic rings. The third-order valence-corrected chi connectivity index (χ3v) is 3.04. The summed E-state index contributed by atoms with van der Waals surface area (Å²) < 4.78 is 5.04. The van der Waals surface area contributed by atoms with Crippen molar-refractivity contribution in [2.24, 2.45) is 0 Å². The lowest BCUT2D eigenvalue weighted by Crippen LogP contribution is -2.31. The van der Waals surface area contributed by atoms with Gasteiger partial charge in [0.05, 0.1) is 26.0 Å². The molecule has 0 bridgehead atoms. The standard InChI is InChI=1S/C14H22N2O4/c1-20-14-3-2-11(10-12(14)15)13(19)4-5-16(6-8-17)7-9-18/h2-3,10,17-18H,4-9,15H2,1H3. The van der Waals surface area contributed by atoms with Crippen LogP contribution in [-0.2, 0) is 0 Å². The first kappa shape index (κ1) is 16.4. The molecule has 0 radical (unpaired) electrons. The number of methoxy groups -OCH3 is 1. The number of ether oxygens (including phenoxy) is 1. The number of nitrogen functional groups attached to an aromatic ring is 1. The first-order chi connectivity index (χ1) is 9.62. The Labute approximate surface area is 118 Å². The van der Waals surface area contributed by atoms with E-state index in [0.717, 1.165) is 0 Å². The molecule has 0 heterocycles. The summed E-state index contributed by atoms with van der Waals surface area (Å²) in [5.74, 6) is 0.518. The number of hydrogen-bond donors (Lipinski definition) is 3. The van der Waals surface area contributed by atoms with Crippen LogP contribution in [0.4, 0.5) is 5.69 Å². The first-order valence-corrected chi connectivity index (χ1v) is 6.53. The maximum absolute atomic E-state index is 12.1. The number of aliphatic hydroxyl groups excluding tert-OH is 2. The van der Waals surface area contributed by atoms with Crippen LogP contribution in [0.5, 0.6) is 5.75 Å². The third-order valence-electron chi connectivity index (χ3n) is 3.04. The van der Waals surface area contributed by atoms with Gasteiger partial charge in [0.25, 0.3) is 0 Å². The summed E-state index contributed by atoms with van der Waals surface area (Å²) in [6.45, 7) is 1.39. The van der Waals surface area contributed by atoms with Crippen molar-refractivity contribution in [3.63, 3.8) is 0 Å². The maximum Gasteiger partial charge on any atom is 0.164 e. The number of nitrogens with two attached hydrogens (primary N) is 1. The van der Waals surface area contributed by atoms with Crippen LogP contribution in [0.15, 0.2) is 18.2 Å². The van der Waals surface area contributed by atoms with Gasteiger partial charge in [0.2, 0.25) is 0 Å². The summed E-state index contributed by atoms with van der Waals surface area (Å²) in [5, 5.41) is 17.8. The van der Waals surface area contributed by atoms with Gasteiger partial charge in [-0.25, -0.2) is 0 Å². The van der Waals surface area contributed by atoms with Crippen LogP contribution in [0.25, 0.3) is 0 Å². The number of benzene rings is 1. The second-order valence-electron chi connectivity index (χ2n) is 4.42. The van der Waals surface area contributed by atoms with Crippen molar-refractivity contribution < 1.29 is 19.7 Å². The highest BCUT2D eigenvalue weighted by atomic mass is 16.5. The van der Waals surface area contributed by atoms with Crippen molar-refractivity contribution in [2.75, 3.05) is 45.7 Å². The maximum atomic E-state index is 12.1. The fraction of sp³-hybridized carbons (Fsp3) is 0.500. The zero-order valence-corrected chi connectivity index (χ0v) is 11.7. The average Bonchev–Trinajstić information content (AvgIpc) is 2.44. The molecule has 0 atom stereocenters. The summed E-state index contributed by atoms with van der Waals surface area (Å²) in [7, 11) is 1.52. The van der Waals surface area contributed by atoms with Gasteiger partial charge >= 0.3 is 0 Å². The number of Topliss-reactive ketones (excluding diaryl/α,β-unsaturated/α-hetero) is 1. The van der Waals surface area contributed by atoms with Gasteiger partial charge in [0.15, 0.2) is 5.78 Å². The molecule has 1 rings (SSSR count). The minimum Gasteiger partial charge on any atom is -0.495 e. The molecule has 4 N–H and O–H groups in total. The van der Waals surface area contributed by atoms with E-state index < -0.39 is 0 Å². The number of hydrogen-bond acceptors (Lipinski definition) is 6. The second kappa shape index (κ2) is 8.52. The Morgan fingerprint density at radius 2 is 1.90 bits per heavy atom. The van der Waals surface area contributed by atoms with E-state index in [1.807, 2.05) is 4.90 Å². The van der Waals surface area contributed by atoms with Crippen LogP contribution >= 0.6 is 0 Å². The Morgan fingerprint density at radius 1 is 1.25 bits per heavy atom. The Kier molecular flexibility index (Phi) is 7.00. The smallest absolute Gasteiger partial charge is 0.164 e. The Morgan fingerprint density at radius 3 is 2.40 bits per heavy atom. The Hall–Kier alpha value is -1.63. The summed E-state index contributed by atoms with van der Waals surface area (Å²) >= 11 is 0. The van der Waals surface area contributed by atoms with Gasteiger partial charge in [-0.1, -0.05) is 0 Å². The zero-order chi connectivity index (χ0) is 15.0. The van der Waals surface area contributed by atoms with Crippen LogP contribution < -0.4 is 10.5 Å². The number of carbonyl (C=O) groups excluding carboxylic acids is 1. The topological polar surface area (TPSA) is 96.0 Å². The predicted octanol–water partition coefficient (Wildman–Crippen LogP) is 0.137. The quantitative estimate of drug-likeness (QED) is 0.440. The molecule has 112 valence electrons. The van der Waals surface area contributed by atoms with Crippen molar-refractivity contribution in [3.05, 3.63) is 23.8 Å². The molecule has 0 aliphatic rings. The highest BCUT2D eigenvalue weighted by Gasteiger charge is 2.11. The van der Waals surface area contributed by atoms with Crippen LogP contribution in [-0.4, -0.2) is 60.9 Å². The Balaban J connectivity index is 2.59. The molecule has 0 aliphatic carbocycles. The summed E-state index contributed by atoms with van der Waals surface area (Å²) in [6, 6.07) is 4.95. The van der Waals surface area contributed by atoms with Gasteiger partial charge in [-0.05, 0) is 18.2 Å². The molecule has 0 amide bonds. The van der Waals surface area contributed by atoms with Crippen molar-refractivity contribution in [1.29, 1.82) is 0 Å². The fourth-order valence-corrected chi connectivity index (χ4v) is 1.93. The summed E-state index contributed by atoms with van der Waals surface area (Å²) in [5.41, 5.74) is 6.74. The minimum atomic E-state index is -0.0276. The van der Waals surface area contributed by atoms with E-state index in [9.17, 15) is 4.79 Å². The summed E-state index contributed by atoms with van der Waals surface area (Å²) in [6.07, 6.45) is 0.311. The number of carbonyl (C=O) groups is 1. The van der Waals surface area contributed by atoms with Gasteiger partial charge in [0, 0.05) is 31.6 Å². The van der Waals surface area contributed by atoms with Gasteiger partial charge < -0.3 is 20.7 Å².